The van der Waals surface area contributed by atoms with E-state index in [1.165, 1.54) is 5.56 Å². The van der Waals surface area contributed by atoms with Crippen molar-refractivity contribution in [2.45, 2.75) is 39.0 Å². The molecule has 2 atom stereocenters. The van der Waals surface area contributed by atoms with Gasteiger partial charge in [-0.1, -0.05) is 35.0 Å². The summed E-state index contributed by atoms with van der Waals surface area (Å²) in [5.41, 5.74) is 1.38. The molecule has 0 radical (unpaired) electrons. The van der Waals surface area contributed by atoms with Gasteiger partial charge in [0.15, 0.2) is 0 Å². The molecule has 94 valence electrons. The Morgan fingerprint density at radius 1 is 1.35 bits per heavy atom. The van der Waals surface area contributed by atoms with Gasteiger partial charge < -0.3 is 4.74 Å². The highest BCUT2D eigenvalue weighted by atomic mass is 79.9. The van der Waals surface area contributed by atoms with Crippen molar-refractivity contribution in [2.75, 3.05) is 13.2 Å². The van der Waals surface area contributed by atoms with Gasteiger partial charge in [-0.2, -0.15) is 0 Å². The van der Waals surface area contributed by atoms with Crippen molar-refractivity contribution in [1.82, 2.24) is 4.90 Å². The second-order valence-electron chi connectivity index (χ2n) is 4.76. The first-order valence-electron chi connectivity index (χ1n) is 6.29. The van der Waals surface area contributed by atoms with Crippen LogP contribution < -0.4 is 0 Å². The summed E-state index contributed by atoms with van der Waals surface area (Å²) in [5.74, 6) is 0. The first-order chi connectivity index (χ1) is 8.19. The Morgan fingerprint density at radius 3 is 2.71 bits per heavy atom. The molecule has 17 heavy (non-hydrogen) atoms. The second-order valence-corrected chi connectivity index (χ2v) is 5.68. The molecule has 1 aromatic carbocycles. The second kappa shape index (κ2) is 5.98. The summed E-state index contributed by atoms with van der Waals surface area (Å²) in [6.45, 7) is 7.32. The lowest BCUT2D eigenvalue weighted by molar-refractivity contribution is -0.0592. The summed E-state index contributed by atoms with van der Waals surface area (Å²) in [4.78, 5) is 2.54. The van der Waals surface area contributed by atoms with Crippen LogP contribution in [0, 0.1) is 0 Å². The number of nitrogens with zero attached hydrogens (tertiary/aromatic N) is 1. The minimum absolute atomic E-state index is 0.355. The van der Waals surface area contributed by atoms with Crippen LogP contribution in [0.4, 0.5) is 0 Å². The number of hydrogen-bond donors (Lipinski definition) is 0. The first-order valence-corrected chi connectivity index (χ1v) is 7.08. The van der Waals surface area contributed by atoms with Gasteiger partial charge >= 0.3 is 0 Å². The van der Waals surface area contributed by atoms with Gasteiger partial charge in [-0.15, -0.1) is 0 Å². The Balaban J connectivity index is 2.02. The van der Waals surface area contributed by atoms with Crippen LogP contribution in [0.5, 0.6) is 0 Å². The average molecular weight is 298 g/mol. The number of hydrogen-bond acceptors (Lipinski definition) is 2. The van der Waals surface area contributed by atoms with E-state index in [0.29, 0.717) is 12.1 Å². The fraction of sp³-hybridized carbons (Fsp3) is 0.571. The molecule has 1 aliphatic rings. The zero-order chi connectivity index (χ0) is 12.3. The normalized spacial score (nSPS) is 26.1. The van der Waals surface area contributed by atoms with E-state index < -0.39 is 0 Å². The minimum Gasteiger partial charge on any atom is -0.376 e. The zero-order valence-electron chi connectivity index (χ0n) is 10.5. The maximum absolute atomic E-state index is 5.72. The Labute approximate surface area is 112 Å². The van der Waals surface area contributed by atoms with E-state index in [9.17, 15) is 0 Å². The van der Waals surface area contributed by atoms with Crippen molar-refractivity contribution in [3.8, 4) is 0 Å². The van der Waals surface area contributed by atoms with Crippen LogP contribution >= 0.6 is 15.9 Å². The number of halogens is 1. The summed E-state index contributed by atoms with van der Waals surface area (Å²) in [6.07, 6.45) is 1.51. The fourth-order valence-electron chi connectivity index (χ4n) is 2.31. The quantitative estimate of drug-likeness (QED) is 0.847. The molecule has 0 amide bonds. The third-order valence-corrected chi connectivity index (χ3v) is 3.88. The van der Waals surface area contributed by atoms with Crippen LogP contribution in [0.15, 0.2) is 28.7 Å². The first kappa shape index (κ1) is 13.1. The molecule has 0 spiro atoms. The zero-order valence-corrected chi connectivity index (χ0v) is 12.1. The third-order valence-electron chi connectivity index (χ3n) is 3.35. The van der Waals surface area contributed by atoms with Crippen LogP contribution in [0.3, 0.4) is 0 Å². The van der Waals surface area contributed by atoms with Gasteiger partial charge in [0.1, 0.15) is 0 Å². The molecule has 0 aromatic heterocycles. The average Bonchev–Trinajstić information content (AvgIpc) is 2.32. The van der Waals surface area contributed by atoms with Crippen molar-refractivity contribution in [1.29, 1.82) is 0 Å². The monoisotopic (exact) mass is 297 g/mol. The van der Waals surface area contributed by atoms with Crippen LogP contribution in [0.2, 0.25) is 0 Å². The molecular weight excluding hydrogens is 278 g/mol. The lowest BCUT2D eigenvalue weighted by atomic mass is 10.1. The van der Waals surface area contributed by atoms with Crippen LogP contribution in [-0.2, 0) is 11.3 Å². The summed E-state index contributed by atoms with van der Waals surface area (Å²) >= 11 is 3.47. The summed E-state index contributed by atoms with van der Waals surface area (Å²) < 4.78 is 6.86. The fourth-order valence-corrected chi connectivity index (χ4v) is 2.57. The van der Waals surface area contributed by atoms with Gasteiger partial charge in [-0.3, -0.25) is 4.90 Å². The van der Waals surface area contributed by atoms with E-state index in [0.717, 1.165) is 30.6 Å². The highest BCUT2D eigenvalue weighted by molar-refractivity contribution is 9.10. The molecular formula is C14H20BrNO. The van der Waals surface area contributed by atoms with Crippen LogP contribution in [0.1, 0.15) is 25.8 Å². The van der Waals surface area contributed by atoms with Gasteiger partial charge in [0.25, 0.3) is 0 Å². The highest BCUT2D eigenvalue weighted by Crippen LogP contribution is 2.19. The maximum atomic E-state index is 5.72. The van der Waals surface area contributed by atoms with E-state index in [1.54, 1.807) is 0 Å². The molecule has 1 fully saturated rings. The summed E-state index contributed by atoms with van der Waals surface area (Å²) in [5, 5.41) is 0. The summed E-state index contributed by atoms with van der Waals surface area (Å²) in [6, 6.07) is 9.17. The number of benzene rings is 1. The van der Waals surface area contributed by atoms with Crippen molar-refractivity contribution in [2.24, 2.45) is 0 Å². The minimum atomic E-state index is 0.355. The van der Waals surface area contributed by atoms with Gasteiger partial charge in [0, 0.05) is 23.6 Å². The molecule has 2 unspecified atom stereocenters. The van der Waals surface area contributed by atoms with E-state index >= 15 is 0 Å². The molecule has 2 nitrogen and oxygen atoms in total. The largest absolute Gasteiger partial charge is 0.376 e. The van der Waals surface area contributed by atoms with Gasteiger partial charge in [-0.05, 0) is 31.0 Å². The molecule has 3 heteroatoms. The predicted molar refractivity (Wildman–Crippen MR) is 74.0 cm³/mol. The lowest BCUT2D eigenvalue weighted by Crippen LogP contribution is -2.47. The maximum Gasteiger partial charge on any atom is 0.0674 e. The molecule has 0 N–H and O–H groups in total. The molecule has 0 saturated carbocycles. The Hall–Kier alpha value is -0.380. The summed E-state index contributed by atoms with van der Waals surface area (Å²) in [7, 11) is 0. The molecule has 0 bridgehead atoms. The van der Waals surface area contributed by atoms with E-state index in [2.05, 4.69) is 58.9 Å². The van der Waals surface area contributed by atoms with E-state index in [4.69, 9.17) is 4.74 Å². The number of ether oxygens (including phenoxy) is 1. The van der Waals surface area contributed by atoms with Gasteiger partial charge in [0.05, 0.1) is 12.7 Å². The standard InChI is InChI=1S/C14H20BrNO/c1-3-14-10-17-11(2)8-16(14)9-12-4-6-13(15)7-5-12/h4-7,11,14H,3,8-10H2,1-2H3. The van der Waals surface area contributed by atoms with E-state index in [1.807, 2.05) is 0 Å². The van der Waals surface area contributed by atoms with Crippen LogP contribution in [0.25, 0.3) is 0 Å². The van der Waals surface area contributed by atoms with Crippen molar-refractivity contribution < 1.29 is 4.74 Å². The van der Waals surface area contributed by atoms with E-state index in [-0.39, 0.29) is 0 Å². The molecule has 1 aliphatic heterocycles. The molecule has 0 aliphatic carbocycles. The van der Waals surface area contributed by atoms with Gasteiger partial charge in [0.2, 0.25) is 0 Å². The molecule has 2 rings (SSSR count). The predicted octanol–water partition coefficient (Wildman–Crippen LogP) is 3.45. The number of morpholine rings is 1. The Bertz CT molecular complexity index is 352. The van der Waals surface area contributed by atoms with Gasteiger partial charge in [-0.25, -0.2) is 0 Å². The Morgan fingerprint density at radius 2 is 2.06 bits per heavy atom. The topological polar surface area (TPSA) is 12.5 Å². The van der Waals surface area contributed by atoms with Crippen molar-refractivity contribution in [3.05, 3.63) is 34.3 Å². The SMILES string of the molecule is CCC1COC(C)CN1Cc1ccc(Br)cc1. The molecule has 1 heterocycles. The smallest absolute Gasteiger partial charge is 0.0674 e. The molecule has 1 aromatic rings. The van der Waals surface area contributed by atoms with Crippen molar-refractivity contribution >= 4 is 15.9 Å². The highest BCUT2D eigenvalue weighted by Gasteiger charge is 2.25. The third kappa shape index (κ3) is 3.54. The number of rotatable bonds is 3. The molecule has 1 saturated heterocycles. The van der Waals surface area contributed by atoms with Crippen LogP contribution in [-0.4, -0.2) is 30.2 Å². The lowest BCUT2D eigenvalue weighted by Gasteiger charge is -2.38. The van der Waals surface area contributed by atoms with Crippen molar-refractivity contribution in [3.63, 3.8) is 0 Å². The Kier molecular flexibility index (Phi) is 4.60.